The Kier molecular flexibility index (Phi) is 7.02. The largest absolute Gasteiger partial charge is 0.361 e. The molecule has 0 fully saturated rings. The second-order valence-electron chi connectivity index (χ2n) is 8.83. The summed E-state index contributed by atoms with van der Waals surface area (Å²) in [7, 11) is -1.25. The number of ether oxygens (including phenoxy) is 1. The summed E-state index contributed by atoms with van der Waals surface area (Å²) in [6.07, 6.45) is 4.93. The zero-order chi connectivity index (χ0) is 20.4. The smallest absolute Gasteiger partial charge is 0.333 e. The average molecular weight is 397 g/mol. The van der Waals surface area contributed by atoms with E-state index in [1.54, 1.807) is 13.0 Å². The molecule has 1 aromatic rings. The van der Waals surface area contributed by atoms with E-state index in [-0.39, 0.29) is 24.1 Å². The molecule has 1 heterocycles. The molecule has 0 amide bonds. The number of allylic oxidation sites excluding steroid dienone is 2. The molecule has 0 spiro atoms. The molecular formula is C20H33FN2O3Si. The summed E-state index contributed by atoms with van der Waals surface area (Å²) in [4.78, 5) is 25.3. The molecule has 2 rings (SSSR count). The van der Waals surface area contributed by atoms with Crippen molar-refractivity contribution in [2.45, 2.75) is 71.8 Å². The van der Waals surface area contributed by atoms with Crippen LogP contribution in [0.4, 0.5) is 4.39 Å². The zero-order valence-electron chi connectivity index (χ0n) is 17.4. The molecule has 7 heteroatoms. The lowest BCUT2D eigenvalue weighted by atomic mass is 9.80. The lowest BCUT2D eigenvalue weighted by Crippen LogP contribution is -2.45. The van der Waals surface area contributed by atoms with Gasteiger partial charge in [0.15, 0.2) is 0 Å². The van der Waals surface area contributed by atoms with Crippen molar-refractivity contribution in [3.05, 3.63) is 44.8 Å². The van der Waals surface area contributed by atoms with Gasteiger partial charge in [-0.25, -0.2) is 13.8 Å². The highest BCUT2D eigenvalue weighted by Crippen LogP contribution is 2.34. The lowest BCUT2D eigenvalue weighted by Gasteiger charge is -2.33. The molecule has 5 nitrogen and oxygen atoms in total. The SMILES string of the molecule is CC[C@H]1C=C[C@@H](n2cc(C)c(=O)n(COCC[Si](C)(C)C)c2=O)[C@H](F)[C@@H]1C. The van der Waals surface area contributed by atoms with Gasteiger partial charge in [-0.3, -0.25) is 9.36 Å². The molecule has 0 bridgehead atoms. The molecule has 1 aliphatic carbocycles. The number of hydrogen-bond donors (Lipinski definition) is 0. The van der Waals surface area contributed by atoms with E-state index in [0.29, 0.717) is 12.2 Å². The number of halogens is 1. The Labute approximate surface area is 161 Å². The molecular weight excluding hydrogens is 363 g/mol. The number of alkyl halides is 1. The van der Waals surface area contributed by atoms with Gasteiger partial charge in [0.25, 0.3) is 5.56 Å². The van der Waals surface area contributed by atoms with Crippen molar-refractivity contribution in [1.82, 2.24) is 9.13 Å². The van der Waals surface area contributed by atoms with Crippen LogP contribution >= 0.6 is 0 Å². The van der Waals surface area contributed by atoms with Crippen molar-refractivity contribution in [2.75, 3.05) is 6.61 Å². The minimum atomic E-state index is -1.25. The van der Waals surface area contributed by atoms with Crippen molar-refractivity contribution < 1.29 is 9.13 Å². The number of aromatic nitrogens is 2. The lowest BCUT2D eigenvalue weighted by molar-refractivity contribution is 0.0777. The second kappa shape index (κ2) is 8.69. The predicted octanol–water partition coefficient (Wildman–Crippen LogP) is 3.74. The Balaban J connectivity index is 2.30. The maximum Gasteiger partial charge on any atom is 0.333 e. The summed E-state index contributed by atoms with van der Waals surface area (Å²) >= 11 is 0. The molecule has 1 aromatic heterocycles. The first-order valence-corrected chi connectivity index (χ1v) is 13.5. The standard InChI is InChI=1S/C20H33FN2O3Si/c1-7-16-8-9-17(18(21)15(16)3)22-12-14(2)19(24)23(20(22)25)13-26-10-11-27(4,5)6/h8-9,12,15-18H,7,10-11,13H2,1-6H3/t15-,16+,17-,18-/m1/s1. The third-order valence-electron chi connectivity index (χ3n) is 5.44. The Bertz CT molecular complexity index is 794. The molecule has 0 radical (unpaired) electrons. The maximum atomic E-state index is 15.0. The number of hydrogen-bond acceptors (Lipinski definition) is 3. The fourth-order valence-electron chi connectivity index (χ4n) is 3.46. The van der Waals surface area contributed by atoms with Crippen molar-refractivity contribution >= 4 is 8.07 Å². The molecule has 0 N–H and O–H groups in total. The minimum Gasteiger partial charge on any atom is -0.361 e. The van der Waals surface area contributed by atoms with Crippen LogP contribution < -0.4 is 11.2 Å². The first-order valence-electron chi connectivity index (χ1n) is 9.79. The van der Waals surface area contributed by atoms with Crippen LogP contribution in [0.5, 0.6) is 0 Å². The topological polar surface area (TPSA) is 53.2 Å². The highest BCUT2D eigenvalue weighted by Gasteiger charge is 2.34. The third kappa shape index (κ3) is 5.07. The first kappa shape index (κ1) is 21.8. The van der Waals surface area contributed by atoms with Crippen molar-refractivity contribution in [1.29, 1.82) is 0 Å². The molecule has 1 aliphatic rings. The van der Waals surface area contributed by atoms with Crippen molar-refractivity contribution in [2.24, 2.45) is 11.8 Å². The van der Waals surface area contributed by atoms with Crippen molar-refractivity contribution in [3.8, 4) is 0 Å². The summed E-state index contributed by atoms with van der Waals surface area (Å²) in [5.41, 5.74) is -0.480. The molecule has 0 aromatic carbocycles. The molecule has 27 heavy (non-hydrogen) atoms. The first-order chi connectivity index (χ1) is 12.6. The quantitative estimate of drug-likeness (QED) is 0.401. The summed E-state index contributed by atoms with van der Waals surface area (Å²) in [6, 6.07) is 0.262. The van der Waals surface area contributed by atoms with E-state index in [1.807, 2.05) is 19.9 Å². The van der Waals surface area contributed by atoms with Gasteiger partial charge in [-0.2, -0.15) is 0 Å². The Morgan fingerprint density at radius 2 is 1.89 bits per heavy atom. The summed E-state index contributed by atoms with van der Waals surface area (Å²) in [5.74, 6) is -0.00516. The molecule has 0 saturated heterocycles. The van der Waals surface area contributed by atoms with E-state index in [0.717, 1.165) is 17.0 Å². The fourth-order valence-corrected chi connectivity index (χ4v) is 4.22. The fraction of sp³-hybridized carbons (Fsp3) is 0.700. The Morgan fingerprint density at radius 3 is 2.48 bits per heavy atom. The van der Waals surface area contributed by atoms with Crippen LogP contribution in [0.15, 0.2) is 27.9 Å². The number of aryl methyl sites for hydroxylation is 1. The van der Waals surface area contributed by atoms with E-state index >= 15 is 4.39 Å². The van der Waals surface area contributed by atoms with Gasteiger partial charge in [-0.15, -0.1) is 0 Å². The van der Waals surface area contributed by atoms with Gasteiger partial charge in [0.2, 0.25) is 0 Å². The van der Waals surface area contributed by atoms with Gasteiger partial charge >= 0.3 is 5.69 Å². The third-order valence-corrected chi connectivity index (χ3v) is 7.14. The van der Waals surface area contributed by atoms with Gasteiger partial charge in [0.1, 0.15) is 12.9 Å². The van der Waals surface area contributed by atoms with Gasteiger partial charge < -0.3 is 4.74 Å². The van der Waals surface area contributed by atoms with Crippen LogP contribution in [0.25, 0.3) is 0 Å². The summed E-state index contributed by atoms with van der Waals surface area (Å²) in [6.45, 7) is 12.7. The molecule has 0 unspecified atom stereocenters. The van der Waals surface area contributed by atoms with Gasteiger partial charge in [-0.1, -0.05) is 45.6 Å². The van der Waals surface area contributed by atoms with Crippen LogP contribution in [0, 0.1) is 18.8 Å². The van der Waals surface area contributed by atoms with Crippen LogP contribution in [0.2, 0.25) is 25.7 Å². The highest BCUT2D eigenvalue weighted by atomic mass is 28.3. The molecule has 152 valence electrons. The average Bonchev–Trinajstić information content (AvgIpc) is 2.59. The van der Waals surface area contributed by atoms with E-state index in [9.17, 15) is 9.59 Å². The second-order valence-corrected chi connectivity index (χ2v) is 14.5. The molecule has 0 aliphatic heterocycles. The predicted molar refractivity (Wildman–Crippen MR) is 110 cm³/mol. The number of rotatable bonds is 7. The van der Waals surface area contributed by atoms with E-state index in [4.69, 9.17) is 4.74 Å². The van der Waals surface area contributed by atoms with Crippen molar-refractivity contribution in [3.63, 3.8) is 0 Å². The minimum absolute atomic E-state index is 0.0929. The Morgan fingerprint density at radius 1 is 1.22 bits per heavy atom. The zero-order valence-corrected chi connectivity index (χ0v) is 18.4. The van der Waals surface area contributed by atoms with Crippen LogP contribution in [-0.2, 0) is 11.5 Å². The maximum absolute atomic E-state index is 15.0. The molecule has 4 atom stereocenters. The van der Waals surface area contributed by atoms with Crippen LogP contribution in [-0.4, -0.2) is 30.0 Å². The van der Waals surface area contributed by atoms with Crippen LogP contribution in [0.3, 0.4) is 0 Å². The normalized spacial score (nSPS) is 25.7. The Hall–Kier alpha value is -1.47. The van der Waals surface area contributed by atoms with E-state index in [1.165, 1.54) is 10.8 Å². The van der Waals surface area contributed by atoms with Gasteiger partial charge in [0.05, 0.1) is 6.04 Å². The monoisotopic (exact) mass is 396 g/mol. The highest BCUT2D eigenvalue weighted by molar-refractivity contribution is 6.76. The van der Waals surface area contributed by atoms with Gasteiger partial charge in [0, 0.05) is 26.4 Å². The van der Waals surface area contributed by atoms with Crippen LogP contribution in [0.1, 0.15) is 31.9 Å². The number of nitrogens with zero attached hydrogens (tertiary/aromatic N) is 2. The summed E-state index contributed by atoms with van der Waals surface area (Å²) < 4.78 is 23.1. The summed E-state index contributed by atoms with van der Waals surface area (Å²) in [5, 5.41) is 0. The van der Waals surface area contributed by atoms with Gasteiger partial charge in [-0.05, 0) is 31.2 Å². The van der Waals surface area contributed by atoms with E-state index < -0.39 is 26.0 Å². The van der Waals surface area contributed by atoms with E-state index in [2.05, 4.69) is 19.6 Å². The molecule has 0 saturated carbocycles.